The van der Waals surface area contributed by atoms with E-state index in [-0.39, 0.29) is 5.56 Å². The molecule has 2 nitrogen and oxygen atoms in total. The van der Waals surface area contributed by atoms with Gasteiger partial charge in [0.1, 0.15) is 0 Å². The Balaban J connectivity index is 3.16. The first-order valence-electron chi connectivity index (χ1n) is 4.26. The first-order valence-corrected chi connectivity index (χ1v) is 4.26. The molecule has 0 heterocycles. The Kier molecular flexibility index (Phi) is 3.55. The number of ether oxygens (including phenoxy) is 1. The highest BCUT2D eigenvalue weighted by Crippen LogP contribution is 2.16. The van der Waals surface area contributed by atoms with E-state index in [1.807, 2.05) is 0 Å². The predicted molar refractivity (Wildman–Crippen MR) is 52.7 cm³/mol. The quantitative estimate of drug-likeness (QED) is 0.704. The van der Waals surface area contributed by atoms with Crippen LogP contribution in [0.5, 0.6) is 0 Å². The molecule has 1 rings (SSSR count). The molecule has 0 aliphatic heterocycles. The Morgan fingerprint density at radius 2 is 2.07 bits per heavy atom. The first kappa shape index (κ1) is 11.4. The zero-order valence-electron chi connectivity index (χ0n) is 8.38. The standard InChI is InChI=1S/C11H10F2O2/c1-7-3-4-8(11(14)15-2)5-9(7)6-10(12)13/h3-6H,1-2H3. The number of benzene rings is 1. The molecular weight excluding hydrogens is 202 g/mol. The summed E-state index contributed by atoms with van der Waals surface area (Å²) in [6, 6.07) is 4.51. The van der Waals surface area contributed by atoms with Gasteiger partial charge < -0.3 is 4.74 Å². The average Bonchev–Trinajstić information content (AvgIpc) is 2.19. The highest BCUT2D eigenvalue weighted by Gasteiger charge is 2.07. The maximum absolute atomic E-state index is 12.1. The van der Waals surface area contributed by atoms with Gasteiger partial charge in [0.25, 0.3) is 6.08 Å². The molecule has 0 saturated heterocycles. The molecule has 80 valence electrons. The number of esters is 1. The molecule has 0 aromatic heterocycles. The van der Waals surface area contributed by atoms with Crippen LogP contribution in [0.15, 0.2) is 24.3 Å². The number of methoxy groups -OCH3 is 1. The highest BCUT2D eigenvalue weighted by atomic mass is 19.3. The maximum Gasteiger partial charge on any atom is 0.337 e. The third-order valence-corrected chi connectivity index (χ3v) is 1.96. The lowest BCUT2D eigenvalue weighted by Crippen LogP contribution is -2.01. The summed E-state index contributed by atoms with van der Waals surface area (Å²) in [6.07, 6.45) is -1.07. The fraction of sp³-hybridized carbons (Fsp3) is 0.182. The molecule has 0 amide bonds. The third-order valence-electron chi connectivity index (χ3n) is 1.96. The normalized spacial score (nSPS) is 9.60. The third kappa shape index (κ3) is 2.87. The van der Waals surface area contributed by atoms with Gasteiger partial charge in [-0.2, -0.15) is 8.78 Å². The van der Waals surface area contributed by atoms with Gasteiger partial charge in [0, 0.05) is 6.08 Å². The summed E-state index contributed by atoms with van der Waals surface area (Å²) in [5, 5.41) is 0. The molecule has 0 atom stereocenters. The van der Waals surface area contributed by atoms with Crippen molar-refractivity contribution < 1.29 is 18.3 Å². The number of rotatable bonds is 2. The van der Waals surface area contributed by atoms with E-state index in [0.29, 0.717) is 11.1 Å². The molecule has 0 radical (unpaired) electrons. The summed E-state index contributed by atoms with van der Waals surface area (Å²) in [4.78, 5) is 11.1. The van der Waals surface area contributed by atoms with E-state index in [4.69, 9.17) is 0 Å². The Morgan fingerprint density at radius 1 is 1.40 bits per heavy atom. The van der Waals surface area contributed by atoms with Crippen LogP contribution in [-0.4, -0.2) is 13.1 Å². The second kappa shape index (κ2) is 4.68. The maximum atomic E-state index is 12.1. The molecule has 0 saturated carbocycles. The Bertz CT molecular complexity index is 407. The minimum atomic E-state index is -1.79. The van der Waals surface area contributed by atoms with Crippen LogP contribution in [0.2, 0.25) is 0 Å². The number of aryl methyl sites for hydroxylation is 1. The smallest absolute Gasteiger partial charge is 0.337 e. The Morgan fingerprint density at radius 3 is 2.60 bits per heavy atom. The largest absolute Gasteiger partial charge is 0.465 e. The molecule has 1 aromatic carbocycles. The molecule has 0 fully saturated rings. The van der Waals surface area contributed by atoms with Crippen molar-refractivity contribution in [1.82, 2.24) is 0 Å². The van der Waals surface area contributed by atoms with Crippen LogP contribution in [0.3, 0.4) is 0 Å². The van der Waals surface area contributed by atoms with Crippen molar-refractivity contribution in [3.8, 4) is 0 Å². The van der Waals surface area contributed by atoms with Gasteiger partial charge in [-0.25, -0.2) is 4.79 Å². The second-order valence-corrected chi connectivity index (χ2v) is 3.00. The van der Waals surface area contributed by atoms with Crippen LogP contribution < -0.4 is 0 Å². The fourth-order valence-corrected chi connectivity index (χ4v) is 1.16. The predicted octanol–water partition coefficient (Wildman–Crippen LogP) is 3.02. The van der Waals surface area contributed by atoms with Crippen molar-refractivity contribution in [2.45, 2.75) is 6.92 Å². The zero-order chi connectivity index (χ0) is 11.4. The van der Waals surface area contributed by atoms with Crippen LogP contribution in [0, 0.1) is 6.92 Å². The van der Waals surface area contributed by atoms with Gasteiger partial charge in [-0.1, -0.05) is 6.07 Å². The molecule has 0 bridgehead atoms. The second-order valence-electron chi connectivity index (χ2n) is 3.00. The summed E-state index contributed by atoms with van der Waals surface area (Å²) >= 11 is 0. The van der Waals surface area contributed by atoms with Gasteiger partial charge in [-0.05, 0) is 30.2 Å². The van der Waals surface area contributed by atoms with Gasteiger partial charge in [0.2, 0.25) is 0 Å². The lowest BCUT2D eigenvalue weighted by molar-refractivity contribution is 0.0600. The van der Waals surface area contributed by atoms with Crippen molar-refractivity contribution in [1.29, 1.82) is 0 Å². The lowest BCUT2D eigenvalue weighted by atomic mass is 10.1. The van der Waals surface area contributed by atoms with E-state index in [1.54, 1.807) is 13.0 Å². The van der Waals surface area contributed by atoms with Crippen molar-refractivity contribution in [2.24, 2.45) is 0 Å². The number of hydrogen-bond acceptors (Lipinski definition) is 2. The van der Waals surface area contributed by atoms with Gasteiger partial charge in [0.15, 0.2) is 0 Å². The van der Waals surface area contributed by atoms with Gasteiger partial charge in [-0.15, -0.1) is 0 Å². The summed E-state index contributed by atoms with van der Waals surface area (Å²) in [7, 11) is 1.24. The minimum Gasteiger partial charge on any atom is -0.465 e. The molecule has 0 unspecified atom stereocenters. The van der Waals surface area contributed by atoms with Gasteiger partial charge in [-0.3, -0.25) is 0 Å². The number of halogens is 2. The van der Waals surface area contributed by atoms with E-state index < -0.39 is 12.0 Å². The fourth-order valence-electron chi connectivity index (χ4n) is 1.16. The lowest BCUT2D eigenvalue weighted by Gasteiger charge is -2.03. The molecule has 0 aliphatic rings. The van der Waals surface area contributed by atoms with Gasteiger partial charge >= 0.3 is 5.97 Å². The topological polar surface area (TPSA) is 26.3 Å². The van der Waals surface area contributed by atoms with Crippen molar-refractivity contribution in [3.05, 3.63) is 41.0 Å². The van der Waals surface area contributed by atoms with E-state index in [1.165, 1.54) is 19.2 Å². The Hall–Kier alpha value is -1.71. The average molecular weight is 212 g/mol. The minimum absolute atomic E-state index is 0.260. The summed E-state index contributed by atoms with van der Waals surface area (Å²) in [6.45, 7) is 1.69. The van der Waals surface area contributed by atoms with Crippen LogP contribution in [0.1, 0.15) is 21.5 Å². The molecule has 4 heteroatoms. The molecule has 1 aromatic rings. The van der Waals surface area contributed by atoms with E-state index in [0.717, 1.165) is 6.08 Å². The first-order chi connectivity index (χ1) is 7.04. The molecule has 15 heavy (non-hydrogen) atoms. The molecule has 0 N–H and O–H groups in total. The highest BCUT2D eigenvalue weighted by molar-refractivity contribution is 5.90. The summed E-state index contributed by atoms with van der Waals surface area (Å²) < 4.78 is 28.6. The van der Waals surface area contributed by atoms with Crippen LogP contribution >= 0.6 is 0 Å². The zero-order valence-corrected chi connectivity index (χ0v) is 8.38. The molecule has 0 aliphatic carbocycles. The number of carbonyl (C=O) groups is 1. The van der Waals surface area contributed by atoms with Crippen LogP contribution in [-0.2, 0) is 4.74 Å². The summed E-state index contributed by atoms with van der Waals surface area (Å²) in [5.74, 6) is -0.538. The van der Waals surface area contributed by atoms with Crippen LogP contribution in [0.4, 0.5) is 8.78 Å². The molecule has 0 spiro atoms. The van der Waals surface area contributed by atoms with Crippen LogP contribution in [0.25, 0.3) is 6.08 Å². The van der Waals surface area contributed by atoms with Crippen molar-refractivity contribution >= 4 is 12.0 Å². The Labute approximate surface area is 86.2 Å². The SMILES string of the molecule is COC(=O)c1ccc(C)c(C=C(F)F)c1. The van der Waals surface area contributed by atoms with E-state index >= 15 is 0 Å². The molecular formula is C11H10F2O2. The van der Waals surface area contributed by atoms with E-state index in [9.17, 15) is 13.6 Å². The number of carbonyl (C=O) groups excluding carboxylic acids is 1. The van der Waals surface area contributed by atoms with E-state index in [2.05, 4.69) is 4.74 Å². The summed E-state index contributed by atoms with van der Waals surface area (Å²) in [5.41, 5.74) is 1.25. The van der Waals surface area contributed by atoms with Crippen molar-refractivity contribution in [3.63, 3.8) is 0 Å². The van der Waals surface area contributed by atoms with Crippen molar-refractivity contribution in [2.75, 3.05) is 7.11 Å². The van der Waals surface area contributed by atoms with Gasteiger partial charge in [0.05, 0.1) is 12.7 Å². The number of hydrogen-bond donors (Lipinski definition) is 0. The monoisotopic (exact) mass is 212 g/mol.